The third kappa shape index (κ3) is 3.10. The number of nitrogens with zero attached hydrogens (tertiary/aromatic N) is 3. The van der Waals surface area contributed by atoms with Crippen molar-refractivity contribution in [3.05, 3.63) is 88.8 Å². The zero-order chi connectivity index (χ0) is 20.0. The van der Waals surface area contributed by atoms with E-state index in [0.717, 1.165) is 40.4 Å². The molecule has 0 bridgehead atoms. The summed E-state index contributed by atoms with van der Waals surface area (Å²) < 4.78 is 5.58. The van der Waals surface area contributed by atoms with Crippen LogP contribution in [0.15, 0.2) is 70.5 Å². The van der Waals surface area contributed by atoms with Crippen LogP contribution in [0.25, 0.3) is 0 Å². The van der Waals surface area contributed by atoms with Gasteiger partial charge >= 0.3 is 0 Å². The maximum absolute atomic E-state index is 13.3. The van der Waals surface area contributed by atoms with Crippen LogP contribution in [0.3, 0.4) is 0 Å². The largest absolute Gasteiger partial charge is 0.469 e. The van der Waals surface area contributed by atoms with Gasteiger partial charge < -0.3 is 4.42 Å². The minimum Gasteiger partial charge on any atom is -0.469 e. The van der Waals surface area contributed by atoms with E-state index in [4.69, 9.17) is 4.42 Å². The molecule has 0 fully saturated rings. The Morgan fingerprint density at radius 2 is 1.79 bits per heavy atom. The SMILES string of the molecule is Cc1cc(C)nc(N2NC3=C(C(=O)C[C@@H](c4ccco4)C3)[C@@H]2c2ccccc2)n1. The van der Waals surface area contributed by atoms with Crippen LogP contribution in [0.1, 0.15) is 47.5 Å². The van der Waals surface area contributed by atoms with Gasteiger partial charge in [-0.05, 0) is 44.0 Å². The van der Waals surface area contributed by atoms with Gasteiger partial charge in [0.2, 0.25) is 5.95 Å². The number of benzene rings is 1. The fourth-order valence-electron chi connectivity index (χ4n) is 4.35. The summed E-state index contributed by atoms with van der Waals surface area (Å²) in [6.45, 7) is 3.91. The highest BCUT2D eigenvalue weighted by Crippen LogP contribution is 2.44. The first-order chi connectivity index (χ1) is 14.1. The Bertz CT molecular complexity index is 1070. The lowest BCUT2D eigenvalue weighted by molar-refractivity contribution is -0.116. The molecule has 1 aromatic carbocycles. The molecule has 5 rings (SSSR count). The third-order valence-corrected chi connectivity index (χ3v) is 5.54. The van der Waals surface area contributed by atoms with Crippen molar-refractivity contribution in [1.82, 2.24) is 15.4 Å². The summed E-state index contributed by atoms with van der Waals surface area (Å²) in [5, 5.41) is 1.93. The van der Waals surface area contributed by atoms with Gasteiger partial charge in [-0.15, -0.1) is 0 Å². The Balaban J connectivity index is 1.59. The molecular weight excluding hydrogens is 364 g/mol. The molecule has 6 heteroatoms. The van der Waals surface area contributed by atoms with Crippen LogP contribution in [0.2, 0.25) is 0 Å². The van der Waals surface area contributed by atoms with E-state index in [9.17, 15) is 4.79 Å². The molecule has 3 heterocycles. The Labute approximate surface area is 169 Å². The standard InChI is InChI=1S/C23H22N4O2/c1-14-11-15(2)25-23(24-14)27-22(16-7-4-3-5-8-16)21-18(26-27)12-17(13-19(21)28)20-9-6-10-29-20/h3-11,17,22,26H,12-13H2,1-2H3/t17-,22-/m0/s1. The second-order valence-corrected chi connectivity index (χ2v) is 7.68. The van der Waals surface area contributed by atoms with E-state index in [2.05, 4.69) is 15.4 Å². The molecule has 0 saturated carbocycles. The van der Waals surface area contributed by atoms with Crippen molar-refractivity contribution in [3.63, 3.8) is 0 Å². The molecule has 146 valence electrons. The fraction of sp³-hybridized carbons (Fsp3) is 0.261. The van der Waals surface area contributed by atoms with Gasteiger partial charge in [0.15, 0.2) is 5.78 Å². The molecule has 0 spiro atoms. The highest BCUT2D eigenvalue weighted by atomic mass is 16.3. The maximum Gasteiger partial charge on any atom is 0.245 e. The number of allylic oxidation sites excluding steroid dienone is 1. The van der Waals surface area contributed by atoms with Crippen molar-refractivity contribution in [2.45, 2.75) is 38.6 Å². The normalized spacial score (nSPS) is 21.3. The molecule has 1 N–H and O–H groups in total. The van der Waals surface area contributed by atoms with Crippen LogP contribution in [-0.2, 0) is 4.79 Å². The van der Waals surface area contributed by atoms with Gasteiger partial charge in [-0.3, -0.25) is 10.2 Å². The molecule has 0 radical (unpaired) electrons. The quantitative estimate of drug-likeness (QED) is 0.729. The van der Waals surface area contributed by atoms with Gasteiger partial charge in [0.05, 0.1) is 6.26 Å². The fourth-order valence-corrected chi connectivity index (χ4v) is 4.35. The van der Waals surface area contributed by atoms with E-state index in [1.807, 2.05) is 67.4 Å². The first kappa shape index (κ1) is 17.7. The van der Waals surface area contributed by atoms with Crippen molar-refractivity contribution in [1.29, 1.82) is 0 Å². The third-order valence-electron chi connectivity index (χ3n) is 5.54. The predicted molar refractivity (Wildman–Crippen MR) is 109 cm³/mol. The second-order valence-electron chi connectivity index (χ2n) is 7.68. The number of ketones is 1. The number of hydrogen-bond acceptors (Lipinski definition) is 6. The molecule has 6 nitrogen and oxygen atoms in total. The molecule has 0 amide bonds. The molecule has 2 atom stereocenters. The number of Topliss-reactive ketones (excluding diaryl/α,β-unsaturated/α-hetero) is 1. The van der Waals surface area contributed by atoms with Gasteiger partial charge in [-0.2, -0.15) is 0 Å². The predicted octanol–water partition coefficient (Wildman–Crippen LogP) is 4.15. The van der Waals surface area contributed by atoms with E-state index < -0.39 is 0 Å². The van der Waals surface area contributed by atoms with Crippen LogP contribution < -0.4 is 10.4 Å². The Morgan fingerprint density at radius 1 is 1.03 bits per heavy atom. The molecule has 0 unspecified atom stereocenters. The van der Waals surface area contributed by atoms with Crippen molar-refractivity contribution < 1.29 is 9.21 Å². The summed E-state index contributed by atoms with van der Waals surface area (Å²) in [5.41, 5.74) is 8.02. The van der Waals surface area contributed by atoms with Gasteiger partial charge in [0, 0.05) is 35.0 Å². The average Bonchev–Trinajstić information content (AvgIpc) is 3.36. The monoisotopic (exact) mass is 386 g/mol. The second kappa shape index (κ2) is 6.88. The molecule has 2 aliphatic rings. The van der Waals surface area contributed by atoms with E-state index in [-0.39, 0.29) is 17.7 Å². The molecule has 1 aliphatic heterocycles. The van der Waals surface area contributed by atoms with Crippen LogP contribution in [0, 0.1) is 13.8 Å². The number of anilines is 1. The van der Waals surface area contributed by atoms with E-state index in [0.29, 0.717) is 12.4 Å². The maximum atomic E-state index is 13.3. The summed E-state index contributed by atoms with van der Waals surface area (Å²) in [6.07, 6.45) is 2.83. The number of hydrogen-bond donors (Lipinski definition) is 1. The molecule has 0 saturated heterocycles. The van der Waals surface area contributed by atoms with E-state index in [1.165, 1.54) is 0 Å². The van der Waals surface area contributed by atoms with Crippen LogP contribution in [0.4, 0.5) is 5.95 Å². The van der Waals surface area contributed by atoms with Crippen molar-refractivity contribution >= 4 is 11.7 Å². The van der Waals surface area contributed by atoms with Gasteiger partial charge in [-0.1, -0.05) is 30.3 Å². The van der Waals surface area contributed by atoms with Gasteiger partial charge in [0.1, 0.15) is 11.8 Å². The lowest BCUT2D eigenvalue weighted by atomic mass is 9.81. The van der Waals surface area contributed by atoms with Gasteiger partial charge in [0.25, 0.3) is 0 Å². The van der Waals surface area contributed by atoms with E-state index >= 15 is 0 Å². The molecule has 29 heavy (non-hydrogen) atoms. The topological polar surface area (TPSA) is 71.3 Å². The highest BCUT2D eigenvalue weighted by molar-refractivity contribution is 6.00. The number of rotatable bonds is 3. The number of nitrogens with one attached hydrogen (secondary N) is 1. The molecule has 1 aliphatic carbocycles. The Hall–Kier alpha value is -3.41. The Kier molecular flexibility index (Phi) is 4.19. The minimum atomic E-state index is -0.252. The van der Waals surface area contributed by atoms with Crippen LogP contribution >= 0.6 is 0 Å². The van der Waals surface area contributed by atoms with Crippen molar-refractivity contribution in [2.24, 2.45) is 0 Å². The Morgan fingerprint density at radius 3 is 2.48 bits per heavy atom. The number of aromatic nitrogens is 2. The minimum absolute atomic E-state index is 0.0419. The van der Waals surface area contributed by atoms with Crippen molar-refractivity contribution in [3.8, 4) is 0 Å². The molecular formula is C23H22N4O2. The lowest BCUT2D eigenvalue weighted by Crippen LogP contribution is -2.36. The summed E-state index contributed by atoms with van der Waals surface area (Å²) in [7, 11) is 0. The van der Waals surface area contributed by atoms with Crippen LogP contribution in [-0.4, -0.2) is 15.8 Å². The highest BCUT2D eigenvalue weighted by Gasteiger charge is 2.43. The average molecular weight is 386 g/mol. The first-order valence-corrected chi connectivity index (χ1v) is 9.83. The lowest BCUT2D eigenvalue weighted by Gasteiger charge is -2.27. The summed E-state index contributed by atoms with van der Waals surface area (Å²) in [6, 6.07) is 15.6. The first-order valence-electron chi connectivity index (χ1n) is 9.83. The zero-order valence-corrected chi connectivity index (χ0v) is 16.4. The number of carbonyl (C=O) groups is 1. The number of furan rings is 1. The van der Waals surface area contributed by atoms with E-state index in [1.54, 1.807) is 6.26 Å². The number of carbonyl (C=O) groups excluding carboxylic acids is 1. The number of hydrazine groups is 1. The molecule has 3 aromatic rings. The van der Waals surface area contributed by atoms with Crippen molar-refractivity contribution in [2.75, 3.05) is 5.01 Å². The molecule has 2 aromatic heterocycles. The zero-order valence-electron chi connectivity index (χ0n) is 16.4. The van der Waals surface area contributed by atoms with Crippen LogP contribution in [0.5, 0.6) is 0 Å². The summed E-state index contributed by atoms with van der Waals surface area (Å²) >= 11 is 0. The van der Waals surface area contributed by atoms with Gasteiger partial charge in [-0.25, -0.2) is 15.0 Å². The number of aryl methyl sites for hydroxylation is 2. The summed E-state index contributed by atoms with van der Waals surface area (Å²) in [4.78, 5) is 22.5. The smallest absolute Gasteiger partial charge is 0.245 e. The summed E-state index contributed by atoms with van der Waals surface area (Å²) in [5.74, 6) is 1.61.